The number of esters is 1. The second kappa shape index (κ2) is 7.08. The van der Waals surface area contributed by atoms with Crippen LogP contribution in [0.4, 0.5) is 0 Å². The first kappa shape index (κ1) is 16.0. The van der Waals surface area contributed by atoms with Gasteiger partial charge in [-0.25, -0.2) is 4.79 Å². The Balaban J connectivity index is 2.04. The highest BCUT2D eigenvalue weighted by atomic mass is 16.5. The number of amides is 1. The summed E-state index contributed by atoms with van der Waals surface area (Å²) in [7, 11) is 1.35. The summed E-state index contributed by atoms with van der Waals surface area (Å²) in [4.78, 5) is 24.4. The molecule has 0 heterocycles. The van der Waals surface area contributed by atoms with E-state index in [1.165, 1.54) is 7.11 Å². The van der Waals surface area contributed by atoms with Gasteiger partial charge < -0.3 is 10.1 Å². The molecule has 0 aliphatic heterocycles. The fourth-order valence-corrected chi connectivity index (χ4v) is 2.92. The van der Waals surface area contributed by atoms with Crippen LogP contribution in [0.15, 0.2) is 24.3 Å². The van der Waals surface area contributed by atoms with Gasteiger partial charge in [-0.05, 0) is 30.5 Å². The van der Waals surface area contributed by atoms with Crippen LogP contribution in [0.1, 0.15) is 43.2 Å². The van der Waals surface area contributed by atoms with Crippen LogP contribution in [-0.4, -0.2) is 24.5 Å². The summed E-state index contributed by atoms with van der Waals surface area (Å²) in [6, 6.07) is 8.91. The van der Waals surface area contributed by atoms with Crippen LogP contribution in [0.5, 0.6) is 0 Å². The Bertz CT molecular complexity index is 581. The van der Waals surface area contributed by atoms with Gasteiger partial charge in [-0.3, -0.25) is 4.79 Å². The van der Waals surface area contributed by atoms with Crippen LogP contribution in [0.25, 0.3) is 0 Å². The fourth-order valence-electron chi connectivity index (χ4n) is 2.92. The number of ether oxygens (including phenoxy) is 1. The van der Waals surface area contributed by atoms with Gasteiger partial charge in [-0.15, -0.1) is 0 Å². The quantitative estimate of drug-likeness (QED) is 0.864. The van der Waals surface area contributed by atoms with Crippen molar-refractivity contribution >= 4 is 11.9 Å². The highest BCUT2D eigenvalue weighted by molar-refractivity contribution is 5.89. The summed E-state index contributed by atoms with van der Waals surface area (Å²) in [6.07, 6.45) is 4.32. The molecule has 0 spiro atoms. The number of nitriles is 1. The summed E-state index contributed by atoms with van der Waals surface area (Å²) in [5.41, 5.74) is 0.492. The van der Waals surface area contributed by atoms with Crippen molar-refractivity contribution in [3.05, 3.63) is 35.4 Å². The third-order valence-electron chi connectivity index (χ3n) is 4.11. The van der Waals surface area contributed by atoms with Crippen molar-refractivity contribution in [2.45, 2.75) is 44.1 Å². The molecule has 0 saturated heterocycles. The molecule has 0 bridgehead atoms. The van der Waals surface area contributed by atoms with E-state index in [-0.39, 0.29) is 18.3 Å². The smallest absolute Gasteiger partial charge is 0.331 e. The number of methoxy groups -OCH3 is 1. The maximum Gasteiger partial charge on any atom is 0.331 e. The fraction of sp³-hybridized carbons (Fsp3) is 0.471. The van der Waals surface area contributed by atoms with Crippen LogP contribution in [0, 0.1) is 11.3 Å². The van der Waals surface area contributed by atoms with Crippen molar-refractivity contribution < 1.29 is 14.3 Å². The molecule has 5 heteroatoms. The molecule has 1 aromatic carbocycles. The number of nitrogens with one attached hydrogen (secondary N) is 1. The van der Waals surface area contributed by atoms with E-state index in [2.05, 4.69) is 5.32 Å². The summed E-state index contributed by atoms with van der Waals surface area (Å²) in [5.74, 6) is -0.558. The third kappa shape index (κ3) is 3.64. The molecule has 0 unspecified atom stereocenters. The second-order valence-electron chi connectivity index (χ2n) is 5.67. The van der Waals surface area contributed by atoms with Crippen molar-refractivity contribution in [3.63, 3.8) is 0 Å². The molecule has 1 N–H and O–H groups in total. The molecule has 116 valence electrons. The molecule has 1 amide bonds. The van der Waals surface area contributed by atoms with Gasteiger partial charge in [0.15, 0.2) is 0 Å². The van der Waals surface area contributed by atoms with Crippen molar-refractivity contribution in [3.8, 4) is 6.07 Å². The van der Waals surface area contributed by atoms with Gasteiger partial charge in [0.2, 0.25) is 5.91 Å². The Morgan fingerprint density at radius 3 is 2.41 bits per heavy atom. The van der Waals surface area contributed by atoms with Crippen molar-refractivity contribution in [1.29, 1.82) is 5.26 Å². The molecule has 2 rings (SSSR count). The Labute approximate surface area is 130 Å². The molecule has 22 heavy (non-hydrogen) atoms. The highest BCUT2D eigenvalue weighted by Gasteiger charge is 2.41. The van der Waals surface area contributed by atoms with Gasteiger partial charge in [0.1, 0.15) is 5.54 Å². The lowest BCUT2D eigenvalue weighted by atomic mass is 9.81. The summed E-state index contributed by atoms with van der Waals surface area (Å²) in [5, 5.41) is 11.6. The maximum atomic E-state index is 12.3. The molecular weight excluding hydrogens is 280 g/mol. The molecule has 0 atom stereocenters. The van der Waals surface area contributed by atoms with Gasteiger partial charge in [0.05, 0.1) is 25.2 Å². The Morgan fingerprint density at radius 2 is 1.86 bits per heavy atom. The standard InChI is InChI=1S/C17H20N2O3/c1-22-16(21)17(9-3-2-4-10-17)19-15(20)11-13-5-7-14(12-18)8-6-13/h5-8H,2-4,9-11H2,1H3,(H,19,20). The molecule has 1 aliphatic carbocycles. The lowest BCUT2D eigenvalue weighted by molar-refractivity contribution is -0.152. The van der Waals surface area contributed by atoms with Crippen LogP contribution in [0.2, 0.25) is 0 Å². The van der Waals surface area contributed by atoms with Crippen LogP contribution in [0.3, 0.4) is 0 Å². The van der Waals surface area contributed by atoms with Gasteiger partial charge in [-0.1, -0.05) is 31.4 Å². The first-order valence-electron chi connectivity index (χ1n) is 7.48. The number of rotatable bonds is 4. The molecule has 1 aromatic rings. The summed E-state index contributed by atoms with van der Waals surface area (Å²) in [6.45, 7) is 0. The summed E-state index contributed by atoms with van der Waals surface area (Å²) < 4.78 is 4.88. The monoisotopic (exact) mass is 300 g/mol. The minimum absolute atomic E-state index is 0.185. The zero-order valence-electron chi connectivity index (χ0n) is 12.7. The minimum Gasteiger partial charge on any atom is -0.467 e. The van der Waals surface area contributed by atoms with E-state index in [9.17, 15) is 9.59 Å². The van der Waals surface area contributed by atoms with E-state index in [4.69, 9.17) is 10.00 Å². The van der Waals surface area contributed by atoms with Crippen molar-refractivity contribution in [2.75, 3.05) is 7.11 Å². The highest BCUT2D eigenvalue weighted by Crippen LogP contribution is 2.29. The predicted octanol–water partition coefficient (Wildman–Crippen LogP) is 2.09. The average molecular weight is 300 g/mol. The molecule has 0 aromatic heterocycles. The average Bonchev–Trinajstić information content (AvgIpc) is 2.55. The third-order valence-corrected chi connectivity index (χ3v) is 4.11. The van der Waals surface area contributed by atoms with Gasteiger partial charge in [-0.2, -0.15) is 5.26 Å². The van der Waals surface area contributed by atoms with Crippen LogP contribution < -0.4 is 5.32 Å². The van der Waals surface area contributed by atoms with E-state index >= 15 is 0 Å². The lowest BCUT2D eigenvalue weighted by Crippen LogP contribution is -2.56. The lowest BCUT2D eigenvalue weighted by Gasteiger charge is -2.35. The minimum atomic E-state index is -0.878. The molecule has 0 radical (unpaired) electrons. The first-order chi connectivity index (χ1) is 10.6. The van der Waals surface area contributed by atoms with E-state index < -0.39 is 5.54 Å². The normalized spacial score (nSPS) is 16.4. The molecule has 1 aliphatic rings. The number of carbonyl (C=O) groups is 2. The van der Waals surface area contributed by atoms with E-state index in [1.807, 2.05) is 6.07 Å². The molecule has 1 saturated carbocycles. The Morgan fingerprint density at radius 1 is 1.23 bits per heavy atom. The zero-order valence-corrected chi connectivity index (χ0v) is 12.7. The molecular formula is C17H20N2O3. The van der Waals surface area contributed by atoms with E-state index in [0.717, 1.165) is 24.8 Å². The first-order valence-corrected chi connectivity index (χ1v) is 7.48. The zero-order chi connectivity index (χ0) is 16.0. The van der Waals surface area contributed by atoms with Crippen molar-refractivity contribution in [2.24, 2.45) is 0 Å². The number of hydrogen-bond donors (Lipinski definition) is 1. The molecule has 1 fully saturated rings. The topological polar surface area (TPSA) is 79.2 Å². The Kier molecular flexibility index (Phi) is 5.16. The number of carbonyl (C=O) groups excluding carboxylic acids is 2. The van der Waals surface area contributed by atoms with E-state index in [1.54, 1.807) is 24.3 Å². The van der Waals surface area contributed by atoms with Crippen LogP contribution >= 0.6 is 0 Å². The van der Waals surface area contributed by atoms with Gasteiger partial charge in [0, 0.05) is 0 Å². The maximum absolute atomic E-state index is 12.3. The summed E-state index contributed by atoms with van der Waals surface area (Å²) >= 11 is 0. The Hall–Kier alpha value is -2.35. The van der Waals surface area contributed by atoms with Gasteiger partial charge in [0.25, 0.3) is 0 Å². The molecule has 5 nitrogen and oxygen atoms in total. The van der Waals surface area contributed by atoms with Crippen molar-refractivity contribution in [1.82, 2.24) is 5.32 Å². The van der Waals surface area contributed by atoms with Crippen LogP contribution in [-0.2, 0) is 20.7 Å². The number of nitrogens with zero attached hydrogens (tertiary/aromatic N) is 1. The SMILES string of the molecule is COC(=O)C1(NC(=O)Cc2ccc(C#N)cc2)CCCCC1. The van der Waals surface area contributed by atoms with E-state index in [0.29, 0.717) is 18.4 Å². The second-order valence-corrected chi connectivity index (χ2v) is 5.67. The number of hydrogen-bond acceptors (Lipinski definition) is 4. The van der Waals surface area contributed by atoms with Gasteiger partial charge >= 0.3 is 5.97 Å². The predicted molar refractivity (Wildman–Crippen MR) is 80.8 cm³/mol. The largest absolute Gasteiger partial charge is 0.467 e. The number of benzene rings is 1.